The minimum Gasteiger partial charge on any atom is -0.353 e. The second-order valence-corrected chi connectivity index (χ2v) is 9.01. The summed E-state index contributed by atoms with van der Waals surface area (Å²) < 4.78 is 3.54. The highest BCUT2D eigenvalue weighted by Gasteiger charge is 2.20. The zero-order valence-electron chi connectivity index (χ0n) is 18.4. The van der Waals surface area contributed by atoms with E-state index in [0.29, 0.717) is 22.6 Å². The van der Waals surface area contributed by atoms with Gasteiger partial charge in [-0.15, -0.1) is 0 Å². The Bertz CT molecular complexity index is 1190. The summed E-state index contributed by atoms with van der Waals surface area (Å²) in [7, 11) is 0. The number of benzene rings is 1. The molecule has 31 heavy (non-hydrogen) atoms. The first-order chi connectivity index (χ1) is 14.9. The number of fused-ring (bicyclic) bond motifs is 1. The third-order valence-electron chi connectivity index (χ3n) is 6.44. The quantitative estimate of drug-likeness (QED) is 0.630. The number of rotatable bonds is 5. The van der Waals surface area contributed by atoms with Crippen LogP contribution in [0.4, 0.5) is 0 Å². The Morgan fingerprint density at radius 2 is 1.94 bits per heavy atom. The van der Waals surface area contributed by atoms with Crippen molar-refractivity contribution in [2.45, 2.75) is 71.9 Å². The predicted molar refractivity (Wildman–Crippen MR) is 124 cm³/mol. The third kappa shape index (κ3) is 4.26. The molecule has 1 amide bonds. The van der Waals surface area contributed by atoms with Crippen LogP contribution in [0.1, 0.15) is 55.3 Å². The Labute approximate surface area is 187 Å². The fraction of sp³-hybridized carbons (Fsp3) is 0.458. The first-order valence-corrected chi connectivity index (χ1v) is 11.4. The second kappa shape index (κ2) is 8.87. The van der Waals surface area contributed by atoms with Crippen molar-refractivity contribution in [1.29, 1.82) is 0 Å². The summed E-state index contributed by atoms with van der Waals surface area (Å²) in [5.41, 5.74) is 4.32. The van der Waals surface area contributed by atoms with E-state index in [2.05, 4.69) is 10.3 Å². The highest BCUT2D eigenvalue weighted by molar-refractivity contribution is 6.30. The van der Waals surface area contributed by atoms with Crippen LogP contribution in [0.2, 0.25) is 5.02 Å². The maximum absolute atomic E-state index is 13.3. The third-order valence-corrected chi connectivity index (χ3v) is 6.68. The molecule has 1 N–H and O–H groups in total. The van der Waals surface area contributed by atoms with Gasteiger partial charge in [0.2, 0.25) is 5.91 Å². The first-order valence-electron chi connectivity index (χ1n) is 11.0. The molecule has 2 aromatic heterocycles. The molecule has 0 unspecified atom stereocenters. The number of hydrogen-bond acceptors (Lipinski definition) is 3. The van der Waals surface area contributed by atoms with Crippen molar-refractivity contribution in [3.63, 3.8) is 0 Å². The average Bonchev–Trinajstić information content (AvgIpc) is 3.01. The van der Waals surface area contributed by atoms with Gasteiger partial charge in [-0.25, -0.2) is 4.98 Å². The lowest BCUT2D eigenvalue weighted by Gasteiger charge is -2.22. The molecular weight excluding hydrogens is 412 g/mol. The van der Waals surface area contributed by atoms with Gasteiger partial charge in [0.15, 0.2) is 5.65 Å². The van der Waals surface area contributed by atoms with Gasteiger partial charge in [-0.05, 0) is 56.9 Å². The largest absolute Gasteiger partial charge is 0.353 e. The van der Waals surface area contributed by atoms with Gasteiger partial charge in [-0.3, -0.25) is 18.7 Å². The summed E-state index contributed by atoms with van der Waals surface area (Å²) in [4.78, 5) is 30.2. The summed E-state index contributed by atoms with van der Waals surface area (Å²) in [6, 6.07) is 5.99. The molecule has 7 heteroatoms. The van der Waals surface area contributed by atoms with Gasteiger partial charge < -0.3 is 5.32 Å². The number of carbonyl (C=O) groups is 1. The number of aromatic nitrogens is 3. The molecule has 3 aromatic rings. The van der Waals surface area contributed by atoms with E-state index in [1.807, 2.05) is 43.5 Å². The number of nitrogens with zero attached hydrogens (tertiary/aromatic N) is 3. The fourth-order valence-corrected chi connectivity index (χ4v) is 4.70. The number of amides is 1. The normalized spacial score (nSPS) is 14.8. The van der Waals surface area contributed by atoms with Gasteiger partial charge in [0, 0.05) is 29.7 Å². The number of hydrogen-bond donors (Lipinski definition) is 1. The molecule has 1 aromatic carbocycles. The van der Waals surface area contributed by atoms with Crippen LogP contribution < -0.4 is 10.9 Å². The monoisotopic (exact) mass is 440 g/mol. The van der Waals surface area contributed by atoms with Crippen LogP contribution >= 0.6 is 11.6 Å². The zero-order valence-corrected chi connectivity index (χ0v) is 19.1. The molecule has 0 bridgehead atoms. The lowest BCUT2D eigenvalue weighted by Crippen LogP contribution is -2.37. The summed E-state index contributed by atoms with van der Waals surface area (Å²) in [6.45, 7) is 6.26. The smallest absolute Gasteiger partial charge is 0.263 e. The first kappa shape index (κ1) is 21.6. The van der Waals surface area contributed by atoms with Crippen molar-refractivity contribution < 1.29 is 4.79 Å². The SMILES string of the molecule is Cc1ccc(Cl)cc1-n1c(C)c(C)c2c(=O)n(CCC(=O)NC3CCCCC3)cnc21. The Morgan fingerprint density at radius 1 is 1.19 bits per heavy atom. The van der Waals surface area contributed by atoms with Gasteiger partial charge in [0.25, 0.3) is 5.56 Å². The Balaban J connectivity index is 1.62. The fourth-order valence-electron chi connectivity index (χ4n) is 4.53. The highest BCUT2D eigenvalue weighted by Crippen LogP contribution is 2.28. The van der Waals surface area contributed by atoms with Crippen molar-refractivity contribution in [1.82, 2.24) is 19.4 Å². The molecule has 1 aliphatic rings. The molecule has 2 heterocycles. The Kier molecular flexibility index (Phi) is 6.19. The van der Waals surface area contributed by atoms with E-state index < -0.39 is 0 Å². The van der Waals surface area contributed by atoms with E-state index in [4.69, 9.17) is 11.6 Å². The van der Waals surface area contributed by atoms with Crippen molar-refractivity contribution in [3.8, 4) is 5.69 Å². The topological polar surface area (TPSA) is 68.9 Å². The molecule has 164 valence electrons. The molecule has 0 spiro atoms. The van der Waals surface area contributed by atoms with Gasteiger partial charge in [0.1, 0.15) is 0 Å². The molecule has 6 nitrogen and oxygen atoms in total. The van der Waals surface area contributed by atoms with Gasteiger partial charge in [-0.1, -0.05) is 36.9 Å². The van der Waals surface area contributed by atoms with Crippen molar-refractivity contribution >= 4 is 28.5 Å². The van der Waals surface area contributed by atoms with Crippen LogP contribution in [-0.2, 0) is 11.3 Å². The minimum atomic E-state index is -0.116. The Hall–Kier alpha value is -2.60. The number of nitrogens with one attached hydrogen (secondary N) is 1. The molecule has 1 saturated carbocycles. The van der Waals surface area contributed by atoms with E-state index >= 15 is 0 Å². The van der Waals surface area contributed by atoms with Gasteiger partial charge >= 0.3 is 0 Å². The maximum Gasteiger partial charge on any atom is 0.263 e. The predicted octanol–water partition coefficient (Wildman–Crippen LogP) is 4.60. The van der Waals surface area contributed by atoms with Crippen molar-refractivity contribution in [3.05, 3.63) is 56.7 Å². The van der Waals surface area contributed by atoms with Crippen LogP contribution in [0, 0.1) is 20.8 Å². The van der Waals surface area contributed by atoms with Crippen LogP contribution in [0.3, 0.4) is 0 Å². The van der Waals surface area contributed by atoms with E-state index in [1.165, 1.54) is 19.3 Å². The standard InChI is InChI=1S/C24H29ClN4O2/c1-15-9-10-18(25)13-20(15)29-17(3)16(2)22-23(29)26-14-28(24(22)31)12-11-21(30)27-19-7-5-4-6-8-19/h9-10,13-14,19H,4-8,11-12H2,1-3H3,(H,27,30). The van der Waals surface area contributed by atoms with E-state index in [-0.39, 0.29) is 23.9 Å². The number of carbonyl (C=O) groups excluding carboxylic acids is 1. The Morgan fingerprint density at radius 3 is 2.68 bits per heavy atom. The zero-order chi connectivity index (χ0) is 22.1. The summed E-state index contributed by atoms with van der Waals surface area (Å²) in [5.74, 6) is -0.000998. The average molecular weight is 441 g/mol. The van der Waals surface area contributed by atoms with Crippen molar-refractivity contribution in [2.75, 3.05) is 0 Å². The maximum atomic E-state index is 13.3. The number of halogens is 1. The van der Waals surface area contributed by atoms with Gasteiger partial charge in [-0.2, -0.15) is 0 Å². The lowest BCUT2D eigenvalue weighted by molar-refractivity contribution is -0.122. The summed E-state index contributed by atoms with van der Waals surface area (Å²) >= 11 is 6.24. The van der Waals surface area contributed by atoms with Crippen LogP contribution in [-0.4, -0.2) is 26.1 Å². The number of aryl methyl sites for hydroxylation is 3. The van der Waals surface area contributed by atoms with Crippen LogP contribution in [0.15, 0.2) is 29.3 Å². The lowest BCUT2D eigenvalue weighted by atomic mass is 9.95. The summed E-state index contributed by atoms with van der Waals surface area (Å²) in [6.07, 6.45) is 7.52. The van der Waals surface area contributed by atoms with E-state index in [0.717, 1.165) is 35.3 Å². The molecule has 0 saturated heterocycles. The van der Waals surface area contributed by atoms with Gasteiger partial charge in [0.05, 0.1) is 17.4 Å². The highest BCUT2D eigenvalue weighted by atomic mass is 35.5. The van der Waals surface area contributed by atoms with Crippen LogP contribution in [0.5, 0.6) is 0 Å². The van der Waals surface area contributed by atoms with E-state index in [1.54, 1.807) is 10.9 Å². The summed E-state index contributed by atoms with van der Waals surface area (Å²) in [5, 5.41) is 4.34. The molecule has 1 aliphatic carbocycles. The molecule has 4 rings (SSSR count). The molecule has 0 atom stereocenters. The molecule has 0 radical (unpaired) electrons. The molecule has 1 fully saturated rings. The minimum absolute atomic E-state index is 0.000998. The molecule has 0 aliphatic heterocycles. The molecular formula is C24H29ClN4O2. The van der Waals surface area contributed by atoms with E-state index in [9.17, 15) is 9.59 Å². The van der Waals surface area contributed by atoms with Crippen molar-refractivity contribution in [2.24, 2.45) is 0 Å². The van der Waals surface area contributed by atoms with Crippen LogP contribution in [0.25, 0.3) is 16.7 Å². The second-order valence-electron chi connectivity index (χ2n) is 8.57.